The van der Waals surface area contributed by atoms with E-state index in [0.717, 1.165) is 12.1 Å². The fraction of sp³-hybridized carbons (Fsp3) is 0.222. The summed E-state index contributed by atoms with van der Waals surface area (Å²) in [6.07, 6.45) is 0. The Kier molecular flexibility index (Phi) is 5.01. The van der Waals surface area contributed by atoms with Crippen molar-refractivity contribution < 1.29 is 23.1 Å². The summed E-state index contributed by atoms with van der Waals surface area (Å²) in [5, 5.41) is 7.58. The minimum absolute atomic E-state index is 0.00921. The number of anilines is 1. The molecule has 3 rings (SSSR count). The highest BCUT2D eigenvalue weighted by molar-refractivity contribution is 5.95. The van der Waals surface area contributed by atoms with Crippen molar-refractivity contribution >= 4 is 17.6 Å². The number of methoxy groups -OCH3 is 1. The molecule has 26 heavy (non-hydrogen) atoms. The van der Waals surface area contributed by atoms with E-state index in [1.807, 2.05) is 0 Å². The lowest BCUT2D eigenvalue weighted by Gasteiger charge is -2.20. The summed E-state index contributed by atoms with van der Waals surface area (Å²) in [6, 6.07) is 8.96. The summed E-state index contributed by atoms with van der Waals surface area (Å²) in [6.45, 7) is 0.00921. The van der Waals surface area contributed by atoms with Crippen LogP contribution in [0.15, 0.2) is 42.5 Å². The van der Waals surface area contributed by atoms with Crippen molar-refractivity contribution in [2.45, 2.75) is 12.0 Å². The van der Waals surface area contributed by atoms with E-state index in [9.17, 15) is 18.4 Å². The Labute approximate surface area is 148 Å². The van der Waals surface area contributed by atoms with Crippen LogP contribution in [0.25, 0.3) is 0 Å². The summed E-state index contributed by atoms with van der Waals surface area (Å²) in [4.78, 5) is 24.2. The molecule has 3 N–H and O–H groups in total. The molecule has 6 nitrogen and oxygen atoms in total. The Morgan fingerprint density at radius 1 is 1.19 bits per heavy atom. The highest BCUT2D eigenvalue weighted by Gasteiger charge is 2.40. The van der Waals surface area contributed by atoms with Crippen molar-refractivity contribution in [2.75, 3.05) is 19.0 Å². The Morgan fingerprint density at radius 3 is 2.46 bits per heavy atom. The lowest BCUT2D eigenvalue weighted by molar-refractivity contribution is -0.120. The zero-order chi connectivity index (χ0) is 18.7. The van der Waals surface area contributed by atoms with Gasteiger partial charge in [-0.3, -0.25) is 4.79 Å². The van der Waals surface area contributed by atoms with E-state index in [-0.39, 0.29) is 17.9 Å². The van der Waals surface area contributed by atoms with E-state index >= 15 is 0 Å². The molecule has 0 unspecified atom stereocenters. The first-order valence-corrected chi connectivity index (χ1v) is 7.93. The maximum Gasteiger partial charge on any atom is 0.319 e. The van der Waals surface area contributed by atoms with Crippen LogP contribution in [0.4, 0.5) is 19.3 Å². The Morgan fingerprint density at radius 2 is 1.85 bits per heavy atom. The second kappa shape index (κ2) is 7.38. The lowest BCUT2D eigenvalue weighted by atomic mass is 9.93. The maximum atomic E-state index is 14.3. The number of carbonyl (C=O) groups is 2. The average molecular weight is 361 g/mol. The van der Waals surface area contributed by atoms with Gasteiger partial charge in [-0.25, -0.2) is 13.6 Å². The average Bonchev–Trinajstić information content (AvgIpc) is 2.95. The summed E-state index contributed by atoms with van der Waals surface area (Å²) >= 11 is 0. The molecule has 1 saturated heterocycles. The van der Waals surface area contributed by atoms with E-state index in [1.165, 1.54) is 7.11 Å². The zero-order valence-corrected chi connectivity index (χ0v) is 13.9. The molecule has 0 spiro atoms. The summed E-state index contributed by atoms with van der Waals surface area (Å²) in [7, 11) is 1.30. The number of benzene rings is 2. The van der Waals surface area contributed by atoms with Gasteiger partial charge >= 0.3 is 6.03 Å². The van der Waals surface area contributed by atoms with Gasteiger partial charge in [-0.1, -0.05) is 18.2 Å². The summed E-state index contributed by atoms with van der Waals surface area (Å²) < 4.78 is 33.5. The van der Waals surface area contributed by atoms with E-state index in [2.05, 4.69) is 16.0 Å². The van der Waals surface area contributed by atoms with Gasteiger partial charge in [-0.15, -0.1) is 0 Å². The standard InChI is InChI=1S/C18H17F2N3O3/c1-26-11-7-13(19)15(14(20)8-11)12-9-21-17(24)16(12)23-18(25)22-10-5-3-2-4-6-10/h2-8,12,16H,9H2,1H3,(H,21,24)(H2,22,23,25)/t12-,16-/m0/s1. The predicted molar refractivity (Wildman–Crippen MR) is 91.0 cm³/mol. The normalized spacial score (nSPS) is 19.0. The Balaban J connectivity index is 1.80. The minimum atomic E-state index is -1.10. The Hall–Kier alpha value is -3.16. The fourth-order valence-corrected chi connectivity index (χ4v) is 2.92. The number of amides is 3. The number of hydrogen-bond donors (Lipinski definition) is 3. The highest BCUT2D eigenvalue weighted by atomic mass is 19.1. The van der Waals surface area contributed by atoms with Gasteiger partial charge < -0.3 is 20.7 Å². The molecular formula is C18H17F2N3O3. The number of para-hydroxylation sites is 1. The first-order valence-electron chi connectivity index (χ1n) is 7.93. The van der Waals surface area contributed by atoms with Gasteiger partial charge in [-0.2, -0.15) is 0 Å². The topological polar surface area (TPSA) is 79.5 Å². The predicted octanol–water partition coefficient (Wildman–Crippen LogP) is 2.38. The second-order valence-electron chi connectivity index (χ2n) is 5.80. The third-order valence-electron chi connectivity index (χ3n) is 4.16. The molecule has 2 aromatic carbocycles. The van der Waals surface area contributed by atoms with Crippen LogP contribution < -0.4 is 20.7 Å². The third kappa shape index (κ3) is 3.58. The number of ether oxygens (including phenoxy) is 1. The summed E-state index contributed by atoms with van der Waals surface area (Å²) in [5.74, 6) is -3.02. The molecule has 0 aromatic heterocycles. The van der Waals surface area contributed by atoms with E-state index in [1.54, 1.807) is 30.3 Å². The lowest BCUT2D eigenvalue weighted by Crippen LogP contribution is -2.45. The van der Waals surface area contributed by atoms with Crippen LogP contribution in [-0.2, 0) is 4.79 Å². The highest BCUT2D eigenvalue weighted by Crippen LogP contribution is 2.31. The van der Waals surface area contributed by atoms with Gasteiger partial charge in [-0.05, 0) is 12.1 Å². The van der Waals surface area contributed by atoms with Crippen LogP contribution in [0.5, 0.6) is 5.75 Å². The van der Waals surface area contributed by atoms with Crippen LogP contribution in [0.1, 0.15) is 11.5 Å². The van der Waals surface area contributed by atoms with Gasteiger partial charge in [0.25, 0.3) is 0 Å². The first-order chi connectivity index (χ1) is 12.5. The van der Waals surface area contributed by atoms with E-state index in [4.69, 9.17) is 4.74 Å². The van der Waals surface area contributed by atoms with Crippen LogP contribution >= 0.6 is 0 Å². The van der Waals surface area contributed by atoms with Crippen molar-refractivity contribution in [3.8, 4) is 5.75 Å². The molecule has 1 aliphatic heterocycles. The molecule has 2 atom stereocenters. The molecule has 3 amide bonds. The molecule has 8 heteroatoms. The summed E-state index contributed by atoms with van der Waals surface area (Å²) in [5.41, 5.74) is 0.260. The number of carbonyl (C=O) groups excluding carboxylic acids is 2. The number of hydrogen-bond acceptors (Lipinski definition) is 3. The monoisotopic (exact) mass is 361 g/mol. The molecule has 1 heterocycles. The molecular weight excluding hydrogens is 344 g/mol. The SMILES string of the molecule is COc1cc(F)c([C@@H]2CNC(=O)[C@H]2NC(=O)Nc2ccccc2)c(F)c1. The second-order valence-corrected chi connectivity index (χ2v) is 5.80. The van der Waals surface area contributed by atoms with E-state index in [0.29, 0.717) is 5.69 Å². The maximum absolute atomic E-state index is 14.3. The van der Waals surface area contributed by atoms with Crippen molar-refractivity contribution in [1.82, 2.24) is 10.6 Å². The van der Waals surface area contributed by atoms with E-state index < -0.39 is 35.5 Å². The largest absolute Gasteiger partial charge is 0.497 e. The number of rotatable bonds is 4. The number of nitrogens with one attached hydrogen (secondary N) is 3. The molecule has 0 bridgehead atoms. The quantitative estimate of drug-likeness (QED) is 0.782. The zero-order valence-electron chi connectivity index (χ0n) is 13.9. The van der Waals surface area contributed by atoms with Gasteiger partial charge in [0.15, 0.2) is 0 Å². The fourth-order valence-electron chi connectivity index (χ4n) is 2.92. The molecule has 0 aliphatic carbocycles. The smallest absolute Gasteiger partial charge is 0.319 e. The molecule has 136 valence electrons. The van der Waals surface area contributed by atoms with Crippen LogP contribution in [0, 0.1) is 11.6 Å². The first kappa shape index (κ1) is 17.7. The van der Waals surface area contributed by atoms with Gasteiger partial charge in [0.1, 0.15) is 23.4 Å². The Bertz CT molecular complexity index is 807. The minimum Gasteiger partial charge on any atom is -0.497 e. The molecule has 0 radical (unpaired) electrons. The molecule has 1 aliphatic rings. The van der Waals surface area contributed by atoms with Crippen LogP contribution in [-0.4, -0.2) is 31.6 Å². The number of urea groups is 1. The molecule has 2 aromatic rings. The number of halogens is 2. The van der Waals surface area contributed by atoms with Crippen molar-refractivity contribution in [2.24, 2.45) is 0 Å². The van der Waals surface area contributed by atoms with Gasteiger partial charge in [0.2, 0.25) is 5.91 Å². The third-order valence-corrected chi connectivity index (χ3v) is 4.16. The van der Waals surface area contributed by atoms with Crippen LogP contribution in [0.3, 0.4) is 0 Å². The van der Waals surface area contributed by atoms with Crippen molar-refractivity contribution in [3.63, 3.8) is 0 Å². The molecule has 1 fully saturated rings. The van der Waals surface area contributed by atoms with Crippen molar-refractivity contribution in [1.29, 1.82) is 0 Å². The van der Waals surface area contributed by atoms with Crippen molar-refractivity contribution in [3.05, 3.63) is 59.7 Å². The van der Waals surface area contributed by atoms with Gasteiger partial charge in [0.05, 0.1) is 7.11 Å². The van der Waals surface area contributed by atoms with Gasteiger partial charge in [0, 0.05) is 35.8 Å². The van der Waals surface area contributed by atoms with Crippen LogP contribution in [0.2, 0.25) is 0 Å². The molecule has 0 saturated carbocycles.